The lowest BCUT2D eigenvalue weighted by Crippen LogP contribution is -2.45. The predicted octanol–water partition coefficient (Wildman–Crippen LogP) is 7.24. The van der Waals surface area contributed by atoms with Crippen LogP contribution in [0.2, 0.25) is 18.1 Å². The van der Waals surface area contributed by atoms with Crippen LogP contribution < -0.4 is 5.32 Å². The summed E-state index contributed by atoms with van der Waals surface area (Å²) >= 11 is 0. The van der Waals surface area contributed by atoms with Crippen LogP contribution in [0.1, 0.15) is 99.3 Å². The fourth-order valence-electron chi connectivity index (χ4n) is 4.07. The molecule has 0 spiro atoms. The second-order valence-corrected chi connectivity index (χ2v) is 15.2. The highest BCUT2D eigenvalue weighted by Gasteiger charge is 2.40. The summed E-state index contributed by atoms with van der Waals surface area (Å²) in [6, 6.07) is 0. The SMILES string of the molecule is CCC1=CC[C@@H](O[Si](C)(C)C(C)(C)C)[C@H](CC)CCCNC(=O)[C@H](CC)CCC1. The van der Waals surface area contributed by atoms with Crippen molar-refractivity contribution in [2.45, 2.75) is 124 Å². The number of hydrogen-bond donors (Lipinski definition) is 1. The molecule has 1 heterocycles. The van der Waals surface area contributed by atoms with Gasteiger partial charge in [-0.2, -0.15) is 0 Å². The van der Waals surface area contributed by atoms with Gasteiger partial charge >= 0.3 is 0 Å². The molecule has 0 unspecified atom stereocenters. The van der Waals surface area contributed by atoms with Crippen molar-refractivity contribution in [1.29, 1.82) is 0 Å². The van der Waals surface area contributed by atoms with Gasteiger partial charge in [-0.05, 0) is 75.4 Å². The third kappa shape index (κ3) is 8.57. The highest BCUT2D eigenvalue weighted by molar-refractivity contribution is 6.74. The minimum Gasteiger partial charge on any atom is -0.413 e. The number of nitrogens with one attached hydrogen (secondary N) is 1. The van der Waals surface area contributed by atoms with Crippen LogP contribution in [0.5, 0.6) is 0 Å². The minimum absolute atomic E-state index is 0.174. The van der Waals surface area contributed by atoms with E-state index in [4.69, 9.17) is 4.43 Å². The van der Waals surface area contributed by atoms with E-state index in [9.17, 15) is 4.79 Å². The van der Waals surface area contributed by atoms with Gasteiger partial charge in [-0.1, -0.05) is 59.6 Å². The number of allylic oxidation sites excluding steroid dienone is 1. The molecule has 3 nitrogen and oxygen atoms in total. The molecule has 0 saturated carbocycles. The molecule has 0 saturated heterocycles. The normalized spacial score (nSPS) is 26.4. The number of hydrogen-bond acceptors (Lipinski definition) is 2. The van der Waals surface area contributed by atoms with Crippen molar-refractivity contribution in [2.75, 3.05) is 6.54 Å². The molecule has 0 radical (unpaired) electrons. The zero-order chi connectivity index (χ0) is 22.1. The van der Waals surface area contributed by atoms with Gasteiger partial charge in [0, 0.05) is 12.5 Å². The minimum atomic E-state index is -1.82. The Balaban J connectivity index is 3.05. The first-order valence-electron chi connectivity index (χ1n) is 12.2. The third-order valence-corrected chi connectivity index (χ3v) is 11.9. The second kappa shape index (κ2) is 12.3. The maximum Gasteiger partial charge on any atom is 0.223 e. The largest absolute Gasteiger partial charge is 0.413 e. The van der Waals surface area contributed by atoms with Crippen molar-refractivity contribution in [3.05, 3.63) is 11.6 Å². The van der Waals surface area contributed by atoms with E-state index in [0.717, 1.165) is 64.3 Å². The van der Waals surface area contributed by atoms with Crippen LogP contribution in [0.15, 0.2) is 11.6 Å². The molecule has 29 heavy (non-hydrogen) atoms. The van der Waals surface area contributed by atoms with Gasteiger partial charge in [0.1, 0.15) is 0 Å². The van der Waals surface area contributed by atoms with E-state index in [1.807, 2.05) is 0 Å². The van der Waals surface area contributed by atoms with Gasteiger partial charge in [-0.15, -0.1) is 0 Å². The summed E-state index contributed by atoms with van der Waals surface area (Å²) in [5.74, 6) is 0.988. The third-order valence-electron chi connectivity index (χ3n) is 7.36. The second-order valence-electron chi connectivity index (χ2n) is 10.5. The molecule has 0 aromatic heterocycles. The van der Waals surface area contributed by atoms with Crippen molar-refractivity contribution < 1.29 is 9.22 Å². The van der Waals surface area contributed by atoms with Gasteiger partial charge < -0.3 is 9.74 Å². The number of amides is 1. The lowest BCUT2D eigenvalue weighted by molar-refractivity contribution is -0.125. The van der Waals surface area contributed by atoms with Crippen LogP contribution in [0.25, 0.3) is 0 Å². The first-order chi connectivity index (χ1) is 13.6. The van der Waals surface area contributed by atoms with Gasteiger partial charge in [0.15, 0.2) is 8.32 Å². The molecule has 0 aliphatic carbocycles. The Kier molecular flexibility index (Phi) is 11.2. The summed E-state index contributed by atoms with van der Waals surface area (Å²) < 4.78 is 6.96. The van der Waals surface area contributed by atoms with E-state index in [0.29, 0.717) is 12.0 Å². The fraction of sp³-hybridized carbons (Fsp3) is 0.880. The van der Waals surface area contributed by atoms with Crippen LogP contribution >= 0.6 is 0 Å². The first-order valence-corrected chi connectivity index (χ1v) is 15.1. The lowest BCUT2D eigenvalue weighted by atomic mass is 9.90. The quantitative estimate of drug-likeness (QED) is 0.374. The van der Waals surface area contributed by atoms with Crippen molar-refractivity contribution in [2.24, 2.45) is 11.8 Å². The van der Waals surface area contributed by atoms with E-state index in [1.54, 1.807) is 0 Å². The Morgan fingerprint density at radius 3 is 2.34 bits per heavy atom. The van der Waals surface area contributed by atoms with Crippen molar-refractivity contribution in [3.63, 3.8) is 0 Å². The molecule has 0 aromatic rings. The highest BCUT2D eigenvalue weighted by Crippen LogP contribution is 2.39. The van der Waals surface area contributed by atoms with Crippen LogP contribution in [0, 0.1) is 11.8 Å². The molecule has 0 fully saturated rings. The highest BCUT2D eigenvalue weighted by atomic mass is 28.4. The van der Waals surface area contributed by atoms with E-state index in [1.165, 1.54) is 5.57 Å². The van der Waals surface area contributed by atoms with E-state index in [-0.39, 0.29) is 16.9 Å². The number of rotatable bonds is 5. The molecular formula is C25H49NO2Si. The maximum atomic E-state index is 12.5. The standard InChI is InChI=1S/C25H49NO2Si/c1-9-20-14-12-15-22(11-3)24(27)26-19-13-16-21(10-2)23(18-17-20)28-29(7,8)25(4,5)6/h17,21-23H,9-16,18-19H2,1-8H3,(H,26,27)/t21-,22-,23-/m1/s1. The maximum absolute atomic E-state index is 12.5. The smallest absolute Gasteiger partial charge is 0.223 e. The molecule has 3 atom stereocenters. The van der Waals surface area contributed by atoms with Crippen molar-refractivity contribution in [1.82, 2.24) is 5.32 Å². The fourth-order valence-corrected chi connectivity index (χ4v) is 5.47. The average Bonchev–Trinajstić information content (AvgIpc) is 2.65. The van der Waals surface area contributed by atoms with Gasteiger partial charge in [0.05, 0.1) is 6.10 Å². The molecule has 0 bridgehead atoms. The van der Waals surface area contributed by atoms with Gasteiger partial charge in [0.2, 0.25) is 5.91 Å². The molecule has 1 rings (SSSR count). The van der Waals surface area contributed by atoms with Gasteiger partial charge in [-0.3, -0.25) is 4.79 Å². The van der Waals surface area contributed by atoms with E-state index >= 15 is 0 Å². The van der Waals surface area contributed by atoms with Crippen LogP contribution in [-0.2, 0) is 9.22 Å². The summed E-state index contributed by atoms with van der Waals surface area (Å²) in [5.41, 5.74) is 1.54. The van der Waals surface area contributed by atoms with Crippen molar-refractivity contribution >= 4 is 14.2 Å². The average molecular weight is 424 g/mol. The number of carbonyl (C=O) groups excluding carboxylic acids is 1. The molecule has 1 aliphatic rings. The van der Waals surface area contributed by atoms with Crippen LogP contribution in [-0.4, -0.2) is 26.9 Å². The molecule has 4 heteroatoms. The molecule has 1 amide bonds. The summed E-state index contributed by atoms with van der Waals surface area (Å²) in [7, 11) is -1.82. The molecular weight excluding hydrogens is 374 g/mol. The Labute approximate surface area is 182 Å². The Morgan fingerprint density at radius 1 is 1.10 bits per heavy atom. The summed E-state index contributed by atoms with van der Waals surface area (Å²) in [6.45, 7) is 19.2. The van der Waals surface area contributed by atoms with Gasteiger partial charge in [0.25, 0.3) is 0 Å². The molecule has 170 valence electrons. The number of carbonyl (C=O) groups is 1. The summed E-state index contributed by atoms with van der Waals surface area (Å²) in [4.78, 5) is 12.5. The molecule has 1 aliphatic heterocycles. The lowest BCUT2D eigenvalue weighted by Gasteiger charge is -2.41. The monoisotopic (exact) mass is 423 g/mol. The summed E-state index contributed by atoms with van der Waals surface area (Å²) in [6.07, 6.45) is 12.4. The molecule has 0 aromatic carbocycles. The Morgan fingerprint density at radius 2 is 1.79 bits per heavy atom. The van der Waals surface area contributed by atoms with Crippen LogP contribution in [0.4, 0.5) is 0 Å². The van der Waals surface area contributed by atoms with Crippen LogP contribution in [0.3, 0.4) is 0 Å². The Hall–Kier alpha value is -0.613. The zero-order valence-corrected chi connectivity index (χ0v) is 21.7. The predicted molar refractivity (Wildman–Crippen MR) is 129 cm³/mol. The Bertz CT molecular complexity index is 521. The molecule has 1 N–H and O–H groups in total. The van der Waals surface area contributed by atoms with Gasteiger partial charge in [-0.25, -0.2) is 0 Å². The summed E-state index contributed by atoms with van der Waals surface area (Å²) in [5, 5.41) is 3.44. The zero-order valence-electron chi connectivity index (χ0n) is 20.7. The first kappa shape index (κ1) is 26.4. The topological polar surface area (TPSA) is 38.3 Å². The van der Waals surface area contributed by atoms with Crippen molar-refractivity contribution in [3.8, 4) is 0 Å². The van der Waals surface area contributed by atoms with E-state index < -0.39 is 8.32 Å². The van der Waals surface area contributed by atoms with E-state index in [2.05, 4.69) is 66.0 Å².